The highest BCUT2D eigenvalue weighted by Crippen LogP contribution is 2.14. The van der Waals surface area contributed by atoms with Crippen LogP contribution in [-0.4, -0.2) is 29.4 Å². The average molecular weight is 343 g/mol. The van der Waals surface area contributed by atoms with Crippen LogP contribution in [-0.2, 0) is 4.74 Å². The summed E-state index contributed by atoms with van der Waals surface area (Å²) in [5.74, 6) is 0. The molecule has 0 spiro atoms. The summed E-state index contributed by atoms with van der Waals surface area (Å²) in [6.07, 6.45) is 0.0780. The van der Waals surface area contributed by atoms with Crippen molar-refractivity contribution in [2.24, 2.45) is 16.6 Å². The second-order valence-corrected chi connectivity index (χ2v) is 5.61. The van der Waals surface area contributed by atoms with E-state index in [0.29, 0.717) is 29.4 Å². The van der Waals surface area contributed by atoms with Crippen molar-refractivity contribution in [1.82, 2.24) is 5.43 Å². The van der Waals surface area contributed by atoms with E-state index in [1.54, 1.807) is 19.1 Å². The van der Waals surface area contributed by atoms with Gasteiger partial charge in [0.1, 0.15) is 6.10 Å². The second kappa shape index (κ2) is 9.22. The van der Waals surface area contributed by atoms with Gasteiger partial charge >= 0.3 is 6.09 Å². The molecule has 0 heterocycles. The quantitative estimate of drug-likeness (QED) is 0.382. The third kappa shape index (κ3) is 7.24. The Morgan fingerprint density at radius 1 is 1.41 bits per heavy atom. The lowest BCUT2D eigenvalue weighted by atomic mass is 10.0. The Hall–Kier alpha value is -1.86. The Kier molecular flexibility index (Phi) is 7.62. The Bertz CT molecular complexity index is 548. The van der Waals surface area contributed by atoms with Gasteiger partial charge in [0.2, 0.25) is 0 Å². The highest BCUT2D eigenvalue weighted by Gasteiger charge is 2.10. The lowest BCUT2D eigenvalue weighted by Crippen LogP contribution is -2.25. The molecule has 0 bridgehead atoms. The van der Waals surface area contributed by atoms with Gasteiger partial charge in [0.25, 0.3) is 0 Å². The summed E-state index contributed by atoms with van der Waals surface area (Å²) < 4.78 is 4.90. The maximum Gasteiger partial charge on any atom is 0.404 e. The zero-order chi connectivity index (χ0) is 16.5. The van der Waals surface area contributed by atoms with Crippen LogP contribution < -0.4 is 16.9 Å². The molecule has 0 saturated heterocycles. The van der Waals surface area contributed by atoms with Crippen LogP contribution in [0.25, 0.3) is 0 Å². The van der Waals surface area contributed by atoms with Gasteiger partial charge in [-0.2, -0.15) is 5.10 Å². The van der Waals surface area contributed by atoms with Crippen molar-refractivity contribution in [3.05, 3.63) is 34.9 Å². The number of ether oxygens (including phenoxy) is 1. The van der Waals surface area contributed by atoms with Gasteiger partial charge in [0.15, 0.2) is 0 Å². The third-order valence-electron chi connectivity index (χ3n) is 2.75. The zero-order valence-electron chi connectivity index (χ0n) is 12.2. The van der Waals surface area contributed by atoms with E-state index in [9.17, 15) is 4.79 Å². The van der Waals surface area contributed by atoms with E-state index in [4.69, 9.17) is 40.0 Å². The minimum Gasteiger partial charge on any atom is -0.447 e. The minimum atomic E-state index is -0.788. The molecule has 120 valence electrons. The molecule has 22 heavy (non-hydrogen) atoms. The maximum atomic E-state index is 10.7. The molecule has 1 aromatic rings. The van der Waals surface area contributed by atoms with Crippen molar-refractivity contribution >= 4 is 40.6 Å². The molecule has 5 N–H and O–H groups in total. The molecule has 1 amide bonds. The molecule has 1 unspecified atom stereocenters. The van der Waals surface area contributed by atoms with Crippen molar-refractivity contribution in [2.75, 3.05) is 6.54 Å². The normalized spacial score (nSPS) is 12.5. The molecule has 8 heteroatoms. The topological polar surface area (TPSA) is 103 Å². The van der Waals surface area contributed by atoms with Gasteiger partial charge in [0.05, 0.1) is 17.2 Å². The van der Waals surface area contributed by atoms with Gasteiger partial charge in [0, 0.05) is 5.02 Å². The molecule has 6 nitrogen and oxygen atoms in total. The fourth-order valence-electron chi connectivity index (χ4n) is 1.72. The molecule has 1 aromatic carbocycles. The van der Waals surface area contributed by atoms with Crippen LogP contribution in [0.3, 0.4) is 0 Å². The number of carbonyl (C=O) groups is 1. The average Bonchev–Trinajstić information content (AvgIpc) is 2.42. The van der Waals surface area contributed by atoms with Crippen LogP contribution in [0.5, 0.6) is 0 Å². The Balaban J connectivity index is 2.75. The number of halogens is 1. The van der Waals surface area contributed by atoms with Crippen molar-refractivity contribution in [3.8, 4) is 0 Å². The van der Waals surface area contributed by atoms with E-state index in [0.717, 1.165) is 11.3 Å². The van der Waals surface area contributed by atoms with Crippen LogP contribution in [0, 0.1) is 0 Å². The SMILES string of the molecule is CC(CCC(=NNCC(N)=S)c1ccc(Cl)cc1)OC(N)=O. The standard InChI is InChI=1S/C14H19ClN4O2S/c1-9(21-14(17)20)2-7-12(19-18-8-13(16)22)10-3-5-11(15)6-4-10/h3-6,9,18H,2,7-8H2,1H3,(H2,16,22)(H2,17,20). The van der Waals surface area contributed by atoms with E-state index in [1.165, 1.54) is 0 Å². The fourth-order valence-corrected chi connectivity index (χ4v) is 1.91. The third-order valence-corrected chi connectivity index (χ3v) is 3.15. The Morgan fingerprint density at radius 2 is 2.05 bits per heavy atom. The predicted molar refractivity (Wildman–Crippen MR) is 92.1 cm³/mol. The summed E-state index contributed by atoms with van der Waals surface area (Å²) in [5, 5.41) is 4.94. The van der Waals surface area contributed by atoms with Crippen LogP contribution in [0.1, 0.15) is 25.3 Å². The van der Waals surface area contributed by atoms with E-state index < -0.39 is 6.09 Å². The Labute approximate surface area is 139 Å². The van der Waals surface area contributed by atoms with Crippen molar-refractivity contribution in [2.45, 2.75) is 25.9 Å². The second-order valence-electron chi connectivity index (χ2n) is 4.65. The molecular weight excluding hydrogens is 324 g/mol. The van der Waals surface area contributed by atoms with Gasteiger partial charge in [-0.3, -0.25) is 0 Å². The first-order valence-electron chi connectivity index (χ1n) is 6.68. The number of primary amides is 1. The van der Waals surface area contributed by atoms with E-state index in [1.807, 2.05) is 12.1 Å². The first-order valence-corrected chi connectivity index (χ1v) is 7.47. The number of rotatable bonds is 8. The summed E-state index contributed by atoms with van der Waals surface area (Å²) in [6, 6.07) is 7.29. The van der Waals surface area contributed by atoms with Crippen molar-refractivity contribution in [1.29, 1.82) is 0 Å². The first kappa shape index (κ1) is 18.2. The molecule has 1 atom stereocenters. The monoisotopic (exact) mass is 342 g/mol. The molecule has 0 aliphatic heterocycles. The Morgan fingerprint density at radius 3 is 2.59 bits per heavy atom. The molecule has 0 saturated carbocycles. The number of thiocarbonyl (C=S) groups is 1. The summed E-state index contributed by atoms with van der Waals surface area (Å²) in [5.41, 5.74) is 14.9. The van der Waals surface area contributed by atoms with E-state index in [-0.39, 0.29) is 6.10 Å². The molecule has 0 aromatic heterocycles. The highest BCUT2D eigenvalue weighted by atomic mass is 35.5. The molecule has 1 rings (SSSR count). The maximum absolute atomic E-state index is 10.7. The van der Waals surface area contributed by atoms with E-state index >= 15 is 0 Å². The number of hydrogen-bond acceptors (Lipinski definition) is 5. The number of hydrogen-bond donors (Lipinski definition) is 3. The first-order chi connectivity index (χ1) is 10.4. The number of carbonyl (C=O) groups excluding carboxylic acids is 1. The molecular formula is C14H19ClN4O2S. The highest BCUT2D eigenvalue weighted by molar-refractivity contribution is 7.80. The molecule has 0 aliphatic carbocycles. The number of hydrazone groups is 1. The van der Waals surface area contributed by atoms with Crippen LogP contribution >= 0.6 is 23.8 Å². The summed E-state index contributed by atoms with van der Waals surface area (Å²) in [7, 11) is 0. The van der Waals surface area contributed by atoms with Gasteiger partial charge in [-0.1, -0.05) is 36.0 Å². The number of amides is 1. The predicted octanol–water partition coefficient (Wildman–Crippen LogP) is 2.18. The van der Waals surface area contributed by atoms with Gasteiger partial charge in [-0.15, -0.1) is 0 Å². The van der Waals surface area contributed by atoms with Gasteiger partial charge in [-0.25, -0.2) is 4.79 Å². The van der Waals surface area contributed by atoms with E-state index in [2.05, 4.69) is 10.5 Å². The largest absolute Gasteiger partial charge is 0.447 e. The molecule has 0 radical (unpaired) electrons. The number of benzene rings is 1. The fraction of sp³-hybridized carbons (Fsp3) is 0.357. The summed E-state index contributed by atoms with van der Waals surface area (Å²) in [6.45, 7) is 2.08. The van der Waals surface area contributed by atoms with Crippen molar-refractivity contribution in [3.63, 3.8) is 0 Å². The van der Waals surface area contributed by atoms with Crippen LogP contribution in [0.2, 0.25) is 5.02 Å². The lowest BCUT2D eigenvalue weighted by molar-refractivity contribution is 0.112. The summed E-state index contributed by atoms with van der Waals surface area (Å²) >= 11 is 10.7. The molecule has 0 fully saturated rings. The van der Waals surface area contributed by atoms with Crippen LogP contribution in [0.15, 0.2) is 29.4 Å². The number of nitrogens with zero attached hydrogens (tertiary/aromatic N) is 1. The van der Waals surface area contributed by atoms with Crippen molar-refractivity contribution < 1.29 is 9.53 Å². The molecule has 0 aliphatic rings. The minimum absolute atomic E-state index is 0.300. The lowest BCUT2D eigenvalue weighted by Gasteiger charge is -2.13. The van der Waals surface area contributed by atoms with Gasteiger partial charge in [-0.05, 0) is 37.5 Å². The number of nitrogens with one attached hydrogen (secondary N) is 1. The smallest absolute Gasteiger partial charge is 0.404 e. The van der Waals surface area contributed by atoms with Crippen LogP contribution in [0.4, 0.5) is 4.79 Å². The number of nitrogens with two attached hydrogens (primary N) is 2. The van der Waals surface area contributed by atoms with Gasteiger partial charge < -0.3 is 21.6 Å². The summed E-state index contributed by atoms with van der Waals surface area (Å²) in [4.78, 5) is 11.0. The zero-order valence-corrected chi connectivity index (χ0v) is 13.8.